The van der Waals surface area contributed by atoms with Gasteiger partial charge in [0, 0.05) is 13.2 Å². The molecule has 1 aliphatic rings. The van der Waals surface area contributed by atoms with Crippen LogP contribution < -0.4 is 10.1 Å². The molecule has 1 aromatic rings. The molecule has 1 atom stereocenters. The molecule has 3 nitrogen and oxygen atoms in total. The van der Waals surface area contributed by atoms with E-state index in [1.807, 2.05) is 0 Å². The molecule has 0 saturated carbocycles. The van der Waals surface area contributed by atoms with Gasteiger partial charge in [-0.2, -0.15) is 0 Å². The van der Waals surface area contributed by atoms with Crippen LogP contribution in [0.25, 0.3) is 0 Å². The number of aryl methyl sites for hydroxylation is 1. The molecule has 0 unspecified atom stereocenters. The molecule has 1 heterocycles. The second-order valence-corrected chi connectivity index (χ2v) is 7.64. The van der Waals surface area contributed by atoms with Gasteiger partial charge in [-0.3, -0.25) is 0 Å². The van der Waals surface area contributed by atoms with Crippen molar-refractivity contribution in [2.24, 2.45) is 0 Å². The van der Waals surface area contributed by atoms with Crippen LogP contribution in [0.3, 0.4) is 0 Å². The van der Waals surface area contributed by atoms with Crippen LogP contribution in [0.15, 0.2) is 18.2 Å². The van der Waals surface area contributed by atoms with Gasteiger partial charge < -0.3 is 14.8 Å². The van der Waals surface area contributed by atoms with Crippen LogP contribution in [-0.2, 0) is 10.2 Å². The Balaban J connectivity index is 1.66. The first kappa shape index (κ1) is 18.3. The van der Waals surface area contributed by atoms with Gasteiger partial charge in [-0.1, -0.05) is 38.5 Å². The lowest BCUT2D eigenvalue weighted by atomic mass is 9.85. The van der Waals surface area contributed by atoms with E-state index in [9.17, 15) is 0 Å². The Labute approximate surface area is 141 Å². The number of hydrogen-bond acceptors (Lipinski definition) is 3. The third-order valence-corrected chi connectivity index (χ3v) is 4.34. The number of unbranched alkanes of at least 4 members (excludes halogenated alkanes) is 1. The Morgan fingerprint density at radius 1 is 1.26 bits per heavy atom. The van der Waals surface area contributed by atoms with Crippen LogP contribution in [0.2, 0.25) is 0 Å². The molecule has 0 amide bonds. The highest BCUT2D eigenvalue weighted by atomic mass is 16.5. The average Bonchev–Trinajstić information content (AvgIpc) is 3.00. The second-order valence-electron chi connectivity index (χ2n) is 7.64. The van der Waals surface area contributed by atoms with Gasteiger partial charge in [-0.05, 0) is 56.2 Å². The van der Waals surface area contributed by atoms with Crippen molar-refractivity contribution >= 4 is 0 Å². The third-order valence-electron chi connectivity index (χ3n) is 4.34. The summed E-state index contributed by atoms with van der Waals surface area (Å²) in [6, 6.07) is 6.50. The Morgan fingerprint density at radius 2 is 2.09 bits per heavy atom. The summed E-state index contributed by atoms with van der Waals surface area (Å²) in [4.78, 5) is 0. The van der Waals surface area contributed by atoms with Crippen molar-refractivity contribution in [1.29, 1.82) is 0 Å². The molecular weight excluding hydrogens is 286 g/mol. The van der Waals surface area contributed by atoms with E-state index in [1.165, 1.54) is 24.0 Å². The van der Waals surface area contributed by atoms with Crippen LogP contribution in [-0.4, -0.2) is 32.4 Å². The maximum absolute atomic E-state index is 6.05. The van der Waals surface area contributed by atoms with Crippen molar-refractivity contribution < 1.29 is 9.47 Å². The monoisotopic (exact) mass is 319 g/mol. The summed E-state index contributed by atoms with van der Waals surface area (Å²) in [5.74, 6) is 1.04. The lowest BCUT2D eigenvalue weighted by Gasteiger charge is -2.23. The molecule has 1 aliphatic heterocycles. The lowest BCUT2D eigenvalue weighted by Crippen LogP contribution is -2.27. The standard InChI is InChI=1S/C20H33NO2/c1-16-9-10-19(18(14-16)20(2,3)4)23-12-6-5-11-21-15-17-8-7-13-22-17/h9-10,14,17,21H,5-8,11-13,15H2,1-4H3/t17-/m0/s1. The van der Waals surface area contributed by atoms with Crippen molar-refractivity contribution in [2.45, 2.75) is 64.9 Å². The molecule has 0 aliphatic carbocycles. The van der Waals surface area contributed by atoms with Crippen molar-refractivity contribution in [3.63, 3.8) is 0 Å². The van der Waals surface area contributed by atoms with Gasteiger partial charge in [0.25, 0.3) is 0 Å². The fourth-order valence-electron chi connectivity index (χ4n) is 2.96. The topological polar surface area (TPSA) is 30.5 Å². The minimum Gasteiger partial charge on any atom is -0.493 e. The van der Waals surface area contributed by atoms with Crippen LogP contribution in [0.5, 0.6) is 5.75 Å². The first-order valence-corrected chi connectivity index (χ1v) is 9.03. The second kappa shape index (κ2) is 8.70. The zero-order chi connectivity index (χ0) is 16.7. The Morgan fingerprint density at radius 3 is 2.78 bits per heavy atom. The highest BCUT2D eigenvalue weighted by Gasteiger charge is 2.19. The molecule has 1 saturated heterocycles. The molecule has 0 aromatic heterocycles. The summed E-state index contributed by atoms with van der Waals surface area (Å²) in [5.41, 5.74) is 2.71. The van der Waals surface area contributed by atoms with Crippen molar-refractivity contribution in [1.82, 2.24) is 5.32 Å². The largest absolute Gasteiger partial charge is 0.493 e. The molecule has 130 valence electrons. The summed E-state index contributed by atoms with van der Waals surface area (Å²) in [5, 5.41) is 3.49. The van der Waals surface area contributed by atoms with E-state index >= 15 is 0 Å². The van der Waals surface area contributed by atoms with E-state index < -0.39 is 0 Å². The van der Waals surface area contributed by atoms with Crippen molar-refractivity contribution in [2.75, 3.05) is 26.3 Å². The van der Waals surface area contributed by atoms with E-state index in [1.54, 1.807) is 0 Å². The predicted octanol–water partition coefficient (Wildman–Crippen LogP) is 4.22. The van der Waals surface area contributed by atoms with Gasteiger partial charge in [-0.15, -0.1) is 0 Å². The van der Waals surface area contributed by atoms with Crippen molar-refractivity contribution in [3.05, 3.63) is 29.3 Å². The molecule has 1 aromatic carbocycles. The Hall–Kier alpha value is -1.06. The molecule has 1 fully saturated rings. The van der Waals surface area contributed by atoms with Crippen molar-refractivity contribution in [3.8, 4) is 5.75 Å². The predicted molar refractivity (Wildman–Crippen MR) is 96.5 cm³/mol. The normalized spacial score (nSPS) is 18.3. The highest BCUT2D eigenvalue weighted by Crippen LogP contribution is 2.32. The van der Waals surface area contributed by atoms with Gasteiger partial charge in [0.15, 0.2) is 0 Å². The SMILES string of the molecule is Cc1ccc(OCCCCNC[C@@H]2CCCO2)c(C(C)(C)C)c1. The lowest BCUT2D eigenvalue weighted by molar-refractivity contribution is 0.110. The van der Waals surface area contributed by atoms with E-state index in [2.05, 4.69) is 51.2 Å². The molecule has 2 rings (SSSR count). The first-order valence-electron chi connectivity index (χ1n) is 9.03. The number of hydrogen-bond donors (Lipinski definition) is 1. The number of ether oxygens (including phenoxy) is 2. The molecule has 1 N–H and O–H groups in total. The first-order chi connectivity index (χ1) is 11.0. The third kappa shape index (κ3) is 6.15. The molecule has 0 radical (unpaired) electrons. The highest BCUT2D eigenvalue weighted by molar-refractivity contribution is 5.41. The summed E-state index contributed by atoms with van der Waals surface area (Å²) in [7, 11) is 0. The molecule has 3 heteroatoms. The minimum atomic E-state index is 0.115. The van der Waals surface area contributed by atoms with Gasteiger partial charge in [0.2, 0.25) is 0 Å². The summed E-state index contributed by atoms with van der Waals surface area (Å²) in [6.07, 6.45) is 5.08. The zero-order valence-corrected chi connectivity index (χ0v) is 15.3. The fourth-order valence-corrected chi connectivity index (χ4v) is 2.96. The van der Waals surface area contributed by atoms with Crippen LogP contribution >= 0.6 is 0 Å². The molecule has 0 spiro atoms. The number of nitrogens with one attached hydrogen (secondary N) is 1. The average molecular weight is 319 g/mol. The number of benzene rings is 1. The molecular formula is C20H33NO2. The summed E-state index contributed by atoms with van der Waals surface area (Å²) >= 11 is 0. The van der Waals surface area contributed by atoms with E-state index in [0.717, 1.165) is 44.9 Å². The molecule has 0 bridgehead atoms. The fraction of sp³-hybridized carbons (Fsp3) is 0.700. The maximum Gasteiger partial charge on any atom is 0.123 e. The van der Waals surface area contributed by atoms with E-state index in [-0.39, 0.29) is 5.41 Å². The van der Waals surface area contributed by atoms with E-state index in [0.29, 0.717) is 6.10 Å². The summed E-state index contributed by atoms with van der Waals surface area (Å²) < 4.78 is 11.7. The van der Waals surface area contributed by atoms with Gasteiger partial charge in [0.1, 0.15) is 5.75 Å². The maximum atomic E-state index is 6.05. The van der Waals surface area contributed by atoms with Gasteiger partial charge >= 0.3 is 0 Å². The zero-order valence-electron chi connectivity index (χ0n) is 15.3. The van der Waals surface area contributed by atoms with Crippen LogP contribution in [0.4, 0.5) is 0 Å². The molecule has 23 heavy (non-hydrogen) atoms. The van der Waals surface area contributed by atoms with Crippen LogP contribution in [0.1, 0.15) is 57.6 Å². The van der Waals surface area contributed by atoms with Gasteiger partial charge in [-0.25, -0.2) is 0 Å². The van der Waals surface area contributed by atoms with Crippen LogP contribution in [0, 0.1) is 6.92 Å². The Kier molecular flexibility index (Phi) is 6.91. The quantitative estimate of drug-likeness (QED) is 0.728. The smallest absolute Gasteiger partial charge is 0.123 e. The van der Waals surface area contributed by atoms with E-state index in [4.69, 9.17) is 9.47 Å². The minimum absolute atomic E-state index is 0.115. The Bertz CT molecular complexity index is 473. The van der Waals surface area contributed by atoms with Gasteiger partial charge in [0.05, 0.1) is 12.7 Å². The summed E-state index contributed by atoms with van der Waals surface area (Å²) in [6.45, 7) is 12.6. The number of rotatable bonds is 8.